The Bertz CT molecular complexity index is 1120. The van der Waals surface area contributed by atoms with Gasteiger partial charge in [-0.05, 0) is 59.7 Å². The quantitative estimate of drug-likeness (QED) is 0.456. The van der Waals surface area contributed by atoms with Crippen molar-refractivity contribution in [1.82, 2.24) is 10.2 Å². The van der Waals surface area contributed by atoms with Gasteiger partial charge in [0.1, 0.15) is 5.75 Å². The fraction of sp³-hybridized carbons (Fsp3) is 0.0870. The average Bonchev–Trinajstić information content (AvgIpc) is 3.29. The summed E-state index contributed by atoms with van der Waals surface area (Å²) in [4.78, 5) is 11.5. The van der Waals surface area contributed by atoms with Crippen LogP contribution in [0.3, 0.4) is 0 Å². The largest absolute Gasteiger partial charge is 0.497 e. The van der Waals surface area contributed by atoms with E-state index in [4.69, 9.17) is 13.9 Å². The third-order valence-electron chi connectivity index (χ3n) is 4.53. The van der Waals surface area contributed by atoms with E-state index < -0.39 is 0 Å². The monoisotopic (exact) mass is 386 g/mol. The van der Waals surface area contributed by atoms with Crippen molar-refractivity contribution in [2.24, 2.45) is 0 Å². The van der Waals surface area contributed by atoms with Crippen LogP contribution in [0.15, 0.2) is 77.2 Å². The van der Waals surface area contributed by atoms with Crippen molar-refractivity contribution >= 4 is 5.97 Å². The fourth-order valence-corrected chi connectivity index (χ4v) is 2.91. The van der Waals surface area contributed by atoms with E-state index in [0.29, 0.717) is 17.3 Å². The number of ether oxygens (including phenoxy) is 2. The summed E-state index contributed by atoms with van der Waals surface area (Å²) < 4.78 is 15.7. The molecule has 1 heterocycles. The Labute approximate surface area is 167 Å². The minimum Gasteiger partial charge on any atom is -0.497 e. The van der Waals surface area contributed by atoms with E-state index in [0.717, 1.165) is 28.0 Å². The van der Waals surface area contributed by atoms with E-state index in [1.807, 2.05) is 48.5 Å². The molecule has 0 aliphatic heterocycles. The number of nitrogens with zero attached hydrogens (tertiary/aromatic N) is 2. The van der Waals surface area contributed by atoms with Gasteiger partial charge in [0, 0.05) is 11.1 Å². The van der Waals surface area contributed by atoms with Crippen LogP contribution in [0, 0.1) is 0 Å². The molecule has 0 saturated heterocycles. The third-order valence-corrected chi connectivity index (χ3v) is 4.53. The summed E-state index contributed by atoms with van der Waals surface area (Å²) in [6.45, 7) is 0. The minimum absolute atomic E-state index is 0.385. The van der Waals surface area contributed by atoms with Crippen LogP contribution < -0.4 is 4.74 Å². The zero-order chi connectivity index (χ0) is 20.2. The molecule has 144 valence electrons. The number of carbonyl (C=O) groups is 1. The van der Waals surface area contributed by atoms with Crippen LogP contribution in [0.4, 0.5) is 0 Å². The van der Waals surface area contributed by atoms with Crippen molar-refractivity contribution < 1.29 is 18.7 Å². The second kappa shape index (κ2) is 7.98. The van der Waals surface area contributed by atoms with Gasteiger partial charge in [-0.2, -0.15) is 0 Å². The first kappa shape index (κ1) is 18.4. The smallest absolute Gasteiger partial charge is 0.337 e. The molecule has 4 rings (SSSR count). The van der Waals surface area contributed by atoms with Crippen LogP contribution in [0.25, 0.3) is 34.0 Å². The lowest BCUT2D eigenvalue weighted by atomic mass is 10.0. The first-order valence-electron chi connectivity index (χ1n) is 8.95. The Balaban J connectivity index is 1.54. The lowest BCUT2D eigenvalue weighted by Crippen LogP contribution is -2.00. The summed E-state index contributed by atoms with van der Waals surface area (Å²) in [6.07, 6.45) is 0. The lowest BCUT2D eigenvalue weighted by molar-refractivity contribution is 0.0600. The summed E-state index contributed by atoms with van der Waals surface area (Å²) in [5, 5.41) is 8.25. The minimum atomic E-state index is -0.389. The predicted octanol–water partition coefficient (Wildman–Crippen LogP) is 4.87. The van der Waals surface area contributed by atoms with Gasteiger partial charge in [-0.1, -0.05) is 24.3 Å². The molecule has 0 atom stereocenters. The molecule has 1 aromatic heterocycles. The zero-order valence-corrected chi connectivity index (χ0v) is 16.0. The fourth-order valence-electron chi connectivity index (χ4n) is 2.91. The molecule has 0 spiro atoms. The van der Waals surface area contributed by atoms with Crippen LogP contribution in [-0.2, 0) is 4.74 Å². The van der Waals surface area contributed by atoms with Crippen molar-refractivity contribution in [2.75, 3.05) is 14.2 Å². The van der Waals surface area contributed by atoms with E-state index in [1.165, 1.54) is 7.11 Å². The van der Waals surface area contributed by atoms with Crippen molar-refractivity contribution in [3.8, 4) is 39.8 Å². The van der Waals surface area contributed by atoms with E-state index >= 15 is 0 Å². The molecule has 6 nitrogen and oxygen atoms in total. The van der Waals surface area contributed by atoms with Crippen LogP contribution in [0.1, 0.15) is 10.4 Å². The van der Waals surface area contributed by atoms with Crippen molar-refractivity contribution in [3.05, 3.63) is 78.4 Å². The summed E-state index contributed by atoms with van der Waals surface area (Å²) in [5.74, 6) is 1.25. The van der Waals surface area contributed by atoms with Gasteiger partial charge in [-0.15, -0.1) is 10.2 Å². The molecule has 29 heavy (non-hydrogen) atoms. The molecule has 0 saturated carbocycles. The van der Waals surface area contributed by atoms with Crippen molar-refractivity contribution in [3.63, 3.8) is 0 Å². The number of rotatable bonds is 5. The number of aromatic nitrogens is 2. The molecule has 0 fully saturated rings. The lowest BCUT2D eigenvalue weighted by Gasteiger charge is -2.04. The molecular formula is C23H18N2O4. The van der Waals surface area contributed by atoms with E-state index in [1.54, 1.807) is 31.4 Å². The Morgan fingerprint density at radius 1 is 0.690 bits per heavy atom. The Hall–Kier alpha value is -3.93. The number of hydrogen-bond acceptors (Lipinski definition) is 6. The number of hydrogen-bond donors (Lipinski definition) is 0. The molecule has 0 bridgehead atoms. The van der Waals surface area contributed by atoms with E-state index in [9.17, 15) is 4.79 Å². The van der Waals surface area contributed by atoms with E-state index in [-0.39, 0.29) is 5.97 Å². The van der Waals surface area contributed by atoms with Crippen LogP contribution in [-0.4, -0.2) is 30.4 Å². The van der Waals surface area contributed by atoms with Gasteiger partial charge < -0.3 is 13.9 Å². The summed E-state index contributed by atoms with van der Waals surface area (Å²) in [5.41, 5.74) is 4.19. The SMILES string of the molecule is COC(=O)c1ccc(-c2nnc(-c3ccc(-c4ccc(OC)cc4)cc3)o2)cc1. The van der Waals surface area contributed by atoms with Gasteiger partial charge in [0.2, 0.25) is 11.8 Å². The van der Waals surface area contributed by atoms with Gasteiger partial charge >= 0.3 is 5.97 Å². The second-order valence-corrected chi connectivity index (χ2v) is 6.29. The molecule has 0 N–H and O–H groups in total. The molecule has 0 aliphatic carbocycles. The molecule has 0 amide bonds. The number of esters is 1. The van der Waals surface area contributed by atoms with Crippen molar-refractivity contribution in [1.29, 1.82) is 0 Å². The molecule has 0 radical (unpaired) electrons. The summed E-state index contributed by atoms with van der Waals surface area (Å²) in [6, 6.07) is 22.6. The molecule has 3 aromatic carbocycles. The summed E-state index contributed by atoms with van der Waals surface area (Å²) >= 11 is 0. The van der Waals surface area contributed by atoms with Crippen LogP contribution >= 0.6 is 0 Å². The maximum absolute atomic E-state index is 11.5. The maximum Gasteiger partial charge on any atom is 0.337 e. The van der Waals surface area contributed by atoms with Gasteiger partial charge in [0.15, 0.2) is 0 Å². The Kier molecular flexibility index (Phi) is 5.07. The summed E-state index contributed by atoms with van der Waals surface area (Å²) in [7, 11) is 3.00. The number of benzene rings is 3. The highest BCUT2D eigenvalue weighted by atomic mass is 16.5. The third kappa shape index (κ3) is 3.87. The van der Waals surface area contributed by atoms with Crippen molar-refractivity contribution in [2.45, 2.75) is 0 Å². The molecule has 6 heteroatoms. The highest BCUT2D eigenvalue weighted by Gasteiger charge is 2.12. The van der Waals surface area contributed by atoms with Gasteiger partial charge in [0.25, 0.3) is 0 Å². The first-order valence-corrected chi connectivity index (χ1v) is 8.95. The van der Waals surface area contributed by atoms with Crippen LogP contribution in [0.2, 0.25) is 0 Å². The first-order chi connectivity index (χ1) is 14.2. The van der Waals surface area contributed by atoms with Crippen LogP contribution in [0.5, 0.6) is 5.75 Å². The molecule has 4 aromatic rings. The number of carbonyl (C=O) groups excluding carboxylic acids is 1. The maximum atomic E-state index is 11.5. The topological polar surface area (TPSA) is 74.5 Å². The normalized spacial score (nSPS) is 10.6. The average molecular weight is 386 g/mol. The van der Waals surface area contributed by atoms with Gasteiger partial charge in [0.05, 0.1) is 19.8 Å². The highest BCUT2D eigenvalue weighted by molar-refractivity contribution is 5.89. The van der Waals surface area contributed by atoms with Gasteiger partial charge in [-0.3, -0.25) is 0 Å². The van der Waals surface area contributed by atoms with E-state index in [2.05, 4.69) is 10.2 Å². The second-order valence-electron chi connectivity index (χ2n) is 6.29. The predicted molar refractivity (Wildman–Crippen MR) is 108 cm³/mol. The van der Waals surface area contributed by atoms with Gasteiger partial charge in [-0.25, -0.2) is 4.79 Å². The standard InChI is InChI=1S/C23H18N2O4/c1-27-20-13-11-16(12-14-20)15-3-5-17(6-4-15)21-24-25-22(29-21)18-7-9-19(10-8-18)23(26)28-2/h3-14H,1-2H3. The molecule has 0 aliphatic rings. The Morgan fingerprint density at radius 3 is 1.62 bits per heavy atom. The zero-order valence-electron chi connectivity index (χ0n) is 16.0. The Morgan fingerprint density at radius 2 is 1.14 bits per heavy atom. The number of methoxy groups -OCH3 is 2. The molecule has 0 unspecified atom stereocenters. The highest BCUT2D eigenvalue weighted by Crippen LogP contribution is 2.27. The molecular weight excluding hydrogens is 368 g/mol.